The molecule has 0 amide bonds. The van der Waals surface area contributed by atoms with Gasteiger partial charge in [0.25, 0.3) is 0 Å². The minimum Gasteiger partial charge on any atom is -0.377 e. The van der Waals surface area contributed by atoms with Gasteiger partial charge in [0.15, 0.2) is 5.96 Å². The summed E-state index contributed by atoms with van der Waals surface area (Å²) in [6.45, 7) is 11.5. The molecule has 0 spiro atoms. The molecule has 1 saturated heterocycles. The molecule has 1 aliphatic heterocycles. The highest BCUT2D eigenvalue weighted by Gasteiger charge is 2.16. The lowest BCUT2D eigenvalue weighted by Crippen LogP contribution is -2.47. The molecule has 0 aromatic heterocycles. The average molecular weight is 299 g/mol. The van der Waals surface area contributed by atoms with E-state index in [1.807, 2.05) is 0 Å². The van der Waals surface area contributed by atoms with Crippen LogP contribution in [0.5, 0.6) is 0 Å². The number of guanidine groups is 1. The number of ether oxygens (including phenoxy) is 1. The van der Waals surface area contributed by atoms with E-state index in [9.17, 15) is 0 Å². The first-order valence-corrected chi connectivity index (χ1v) is 7.87. The molecule has 0 aromatic rings. The fourth-order valence-corrected chi connectivity index (χ4v) is 2.25. The third-order valence-electron chi connectivity index (χ3n) is 3.99. The average Bonchev–Trinajstić information content (AvgIpc) is 2.67. The predicted octanol–water partition coefficient (Wildman–Crippen LogP) is 0.214. The second kappa shape index (κ2) is 9.23. The topological polar surface area (TPSA) is 52.1 Å². The van der Waals surface area contributed by atoms with Gasteiger partial charge in [-0.15, -0.1) is 0 Å². The fraction of sp³-hybridized carbons (Fsp3) is 0.933. The van der Waals surface area contributed by atoms with Gasteiger partial charge in [-0.3, -0.25) is 4.99 Å². The van der Waals surface area contributed by atoms with E-state index in [4.69, 9.17) is 4.74 Å². The van der Waals surface area contributed by atoms with Crippen molar-refractivity contribution in [1.82, 2.24) is 20.4 Å². The highest BCUT2D eigenvalue weighted by molar-refractivity contribution is 5.79. The normalized spacial score (nSPS) is 19.4. The van der Waals surface area contributed by atoms with Gasteiger partial charge in [-0.25, -0.2) is 0 Å². The van der Waals surface area contributed by atoms with E-state index in [2.05, 4.69) is 46.3 Å². The Morgan fingerprint density at radius 1 is 1.19 bits per heavy atom. The van der Waals surface area contributed by atoms with Crippen LogP contribution < -0.4 is 10.6 Å². The molecule has 0 aliphatic carbocycles. The van der Waals surface area contributed by atoms with Gasteiger partial charge in [0.1, 0.15) is 0 Å². The van der Waals surface area contributed by atoms with Crippen molar-refractivity contribution < 1.29 is 4.74 Å². The van der Waals surface area contributed by atoms with Crippen molar-refractivity contribution in [2.75, 3.05) is 67.0 Å². The van der Waals surface area contributed by atoms with Gasteiger partial charge >= 0.3 is 0 Å². The maximum absolute atomic E-state index is 5.40. The van der Waals surface area contributed by atoms with Crippen LogP contribution in [0.2, 0.25) is 0 Å². The summed E-state index contributed by atoms with van der Waals surface area (Å²) >= 11 is 0. The molecule has 1 fully saturated rings. The summed E-state index contributed by atoms with van der Waals surface area (Å²) in [4.78, 5) is 9.17. The molecule has 0 saturated carbocycles. The Balaban J connectivity index is 2.23. The molecule has 21 heavy (non-hydrogen) atoms. The van der Waals surface area contributed by atoms with E-state index in [-0.39, 0.29) is 5.60 Å². The lowest BCUT2D eigenvalue weighted by molar-refractivity contribution is 0.0268. The largest absolute Gasteiger partial charge is 0.377 e. The zero-order valence-electron chi connectivity index (χ0n) is 14.4. The van der Waals surface area contributed by atoms with Crippen LogP contribution in [0.25, 0.3) is 0 Å². The number of hydrogen-bond acceptors (Lipinski definition) is 4. The zero-order valence-corrected chi connectivity index (χ0v) is 14.4. The van der Waals surface area contributed by atoms with E-state index in [0.29, 0.717) is 0 Å². The van der Waals surface area contributed by atoms with Crippen molar-refractivity contribution in [2.24, 2.45) is 4.99 Å². The summed E-state index contributed by atoms with van der Waals surface area (Å²) in [5.41, 5.74) is -0.188. The second-order valence-electron chi connectivity index (χ2n) is 6.31. The van der Waals surface area contributed by atoms with Gasteiger partial charge in [0.05, 0.1) is 5.60 Å². The quantitative estimate of drug-likeness (QED) is 0.543. The maximum Gasteiger partial charge on any atom is 0.191 e. The molecule has 0 unspecified atom stereocenters. The molecule has 1 aliphatic rings. The molecule has 1 rings (SSSR count). The summed E-state index contributed by atoms with van der Waals surface area (Å²) in [6, 6.07) is 0. The summed E-state index contributed by atoms with van der Waals surface area (Å²) in [5, 5.41) is 6.68. The van der Waals surface area contributed by atoms with Gasteiger partial charge in [0.2, 0.25) is 0 Å². The summed E-state index contributed by atoms with van der Waals surface area (Å²) in [6.07, 6.45) is 1.26. The van der Waals surface area contributed by atoms with Gasteiger partial charge in [-0.1, -0.05) is 0 Å². The molecule has 0 aromatic carbocycles. The molecule has 6 nitrogen and oxygen atoms in total. The van der Waals surface area contributed by atoms with Crippen molar-refractivity contribution in [3.63, 3.8) is 0 Å². The SMILES string of the molecule is CN=C(NCCN1CCCN(C)CC1)NCC(C)(C)OC. The standard InChI is InChI=1S/C15H33N5O/c1-15(2,21-5)13-18-14(16-3)17-7-10-20-9-6-8-19(4)11-12-20/h6-13H2,1-5H3,(H2,16,17,18). The Morgan fingerprint density at radius 3 is 2.62 bits per heavy atom. The van der Waals surface area contributed by atoms with Gasteiger partial charge < -0.3 is 25.2 Å². The molecule has 1 heterocycles. The lowest BCUT2D eigenvalue weighted by atomic mass is 10.1. The van der Waals surface area contributed by atoms with E-state index >= 15 is 0 Å². The van der Waals surface area contributed by atoms with E-state index in [0.717, 1.165) is 38.7 Å². The first kappa shape index (κ1) is 18.2. The van der Waals surface area contributed by atoms with Crippen molar-refractivity contribution >= 4 is 5.96 Å². The fourth-order valence-electron chi connectivity index (χ4n) is 2.25. The van der Waals surface area contributed by atoms with Crippen LogP contribution in [0.15, 0.2) is 4.99 Å². The third-order valence-corrected chi connectivity index (χ3v) is 3.99. The molecule has 2 N–H and O–H groups in total. The van der Waals surface area contributed by atoms with E-state index in [1.54, 1.807) is 14.2 Å². The highest BCUT2D eigenvalue weighted by atomic mass is 16.5. The van der Waals surface area contributed by atoms with Crippen molar-refractivity contribution in [3.05, 3.63) is 0 Å². The van der Waals surface area contributed by atoms with E-state index in [1.165, 1.54) is 19.5 Å². The Morgan fingerprint density at radius 2 is 1.95 bits per heavy atom. The van der Waals surface area contributed by atoms with Gasteiger partial charge in [0, 0.05) is 46.9 Å². The Labute approximate surface area is 129 Å². The summed E-state index contributed by atoms with van der Waals surface area (Å²) < 4.78 is 5.40. The molecule has 0 atom stereocenters. The van der Waals surface area contributed by atoms with Gasteiger partial charge in [-0.05, 0) is 40.4 Å². The summed E-state index contributed by atoms with van der Waals surface area (Å²) in [5.74, 6) is 0.840. The number of likely N-dealkylation sites (N-methyl/N-ethyl adjacent to an activating group) is 1. The van der Waals surface area contributed by atoms with E-state index < -0.39 is 0 Å². The Kier molecular flexibility index (Phi) is 8.00. The van der Waals surface area contributed by atoms with Crippen LogP contribution in [0.3, 0.4) is 0 Å². The summed E-state index contributed by atoms with van der Waals surface area (Å²) in [7, 11) is 5.73. The number of nitrogens with zero attached hydrogens (tertiary/aromatic N) is 3. The second-order valence-corrected chi connectivity index (χ2v) is 6.31. The van der Waals surface area contributed by atoms with Gasteiger partial charge in [-0.2, -0.15) is 0 Å². The van der Waals surface area contributed by atoms with Crippen LogP contribution in [-0.2, 0) is 4.74 Å². The van der Waals surface area contributed by atoms with Crippen LogP contribution in [0, 0.1) is 0 Å². The predicted molar refractivity (Wildman–Crippen MR) is 89.0 cm³/mol. The number of rotatable bonds is 6. The van der Waals surface area contributed by atoms with Crippen molar-refractivity contribution in [1.29, 1.82) is 0 Å². The number of methoxy groups -OCH3 is 1. The minimum atomic E-state index is -0.188. The Hall–Kier alpha value is -0.850. The van der Waals surface area contributed by atoms with Crippen LogP contribution in [0.1, 0.15) is 20.3 Å². The van der Waals surface area contributed by atoms with Crippen LogP contribution in [-0.4, -0.2) is 88.4 Å². The number of aliphatic imine (C=N–C) groups is 1. The molecule has 0 bridgehead atoms. The van der Waals surface area contributed by atoms with Crippen LogP contribution in [0.4, 0.5) is 0 Å². The minimum absolute atomic E-state index is 0.188. The van der Waals surface area contributed by atoms with Crippen molar-refractivity contribution in [2.45, 2.75) is 25.9 Å². The molecular formula is C15H33N5O. The molecule has 6 heteroatoms. The maximum atomic E-state index is 5.40. The lowest BCUT2D eigenvalue weighted by Gasteiger charge is -2.25. The molecular weight excluding hydrogens is 266 g/mol. The third kappa shape index (κ3) is 7.64. The number of nitrogens with one attached hydrogen (secondary N) is 2. The first-order valence-electron chi connectivity index (χ1n) is 7.87. The number of hydrogen-bond donors (Lipinski definition) is 2. The highest BCUT2D eigenvalue weighted by Crippen LogP contribution is 2.04. The molecule has 124 valence electrons. The molecule has 0 radical (unpaired) electrons. The zero-order chi connectivity index (χ0) is 15.7. The Bertz CT molecular complexity index is 319. The van der Waals surface area contributed by atoms with Crippen LogP contribution >= 0.6 is 0 Å². The monoisotopic (exact) mass is 299 g/mol. The smallest absolute Gasteiger partial charge is 0.191 e. The van der Waals surface area contributed by atoms with Crippen molar-refractivity contribution in [3.8, 4) is 0 Å². The first-order chi connectivity index (χ1) is 9.96.